The van der Waals surface area contributed by atoms with Gasteiger partial charge in [-0.15, -0.1) is 0 Å². The predicted molar refractivity (Wildman–Crippen MR) is 74.7 cm³/mol. The molecule has 0 spiro atoms. The molecule has 0 aliphatic carbocycles. The summed E-state index contributed by atoms with van der Waals surface area (Å²) < 4.78 is 13.1. The molecule has 4 nitrogen and oxygen atoms in total. The lowest BCUT2D eigenvalue weighted by Crippen LogP contribution is -2.17. The van der Waals surface area contributed by atoms with Crippen LogP contribution in [-0.4, -0.2) is 23.6 Å². The Balaban J connectivity index is 2.04. The monoisotopic (exact) mass is 260 g/mol. The lowest BCUT2D eigenvalue weighted by molar-refractivity contribution is 0.627. The molecule has 1 heterocycles. The van der Waals surface area contributed by atoms with Gasteiger partial charge in [0, 0.05) is 19.3 Å². The van der Waals surface area contributed by atoms with Gasteiger partial charge in [0.05, 0.1) is 24.6 Å². The molecule has 2 rings (SSSR count). The Hall–Kier alpha value is -2.17. The number of rotatable bonds is 5. The second-order valence-electron chi connectivity index (χ2n) is 4.26. The Kier molecular flexibility index (Phi) is 4.28. The molecule has 0 aliphatic heterocycles. The summed E-state index contributed by atoms with van der Waals surface area (Å²) in [6, 6.07) is 6.49. The maximum absolute atomic E-state index is 13.1. The van der Waals surface area contributed by atoms with Crippen molar-refractivity contribution in [2.45, 2.75) is 13.5 Å². The van der Waals surface area contributed by atoms with Crippen LogP contribution in [0, 0.1) is 5.82 Å². The molecule has 0 saturated heterocycles. The molecule has 0 unspecified atom stereocenters. The van der Waals surface area contributed by atoms with E-state index in [1.165, 1.54) is 12.1 Å². The zero-order valence-electron chi connectivity index (χ0n) is 11.1. The summed E-state index contributed by atoms with van der Waals surface area (Å²) in [7, 11) is 1.90. The van der Waals surface area contributed by atoms with Crippen LogP contribution >= 0.6 is 0 Å². The second-order valence-corrected chi connectivity index (χ2v) is 4.26. The van der Waals surface area contributed by atoms with E-state index in [1.807, 2.05) is 24.9 Å². The quantitative estimate of drug-likeness (QED) is 0.897. The van der Waals surface area contributed by atoms with E-state index in [2.05, 4.69) is 15.3 Å². The minimum absolute atomic E-state index is 0.238. The summed E-state index contributed by atoms with van der Waals surface area (Å²) in [5, 5.41) is 3.09. The van der Waals surface area contributed by atoms with Crippen LogP contribution < -0.4 is 10.2 Å². The highest BCUT2D eigenvalue weighted by Gasteiger charge is 2.04. The van der Waals surface area contributed by atoms with Crippen LogP contribution in [0.2, 0.25) is 0 Å². The molecule has 0 amide bonds. The maximum atomic E-state index is 13.1. The molecule has 5 heteroatoms. The van der Waals surface area contributed by atoms with E-state index < -0.39 is 0 Å². The molecule has 0 saturated carbocycles. The Morgan fingerprint density at radius 1 is 1.26 bits per heavy atom. The highest BCUT2D eigenvalue weighted by atomic mass is 19.1. The van der Waals surface area contributed by atoms with Crippen LogP contribution in [0.25, 0.3) is 0 Å². The largest absolute Gasteiger partial charge is 0.369 e. The third-order valence-corrected chi connectivity index (χ3v) is 2.71. The summed E-state index contributed by atoms with van der Waals surface area (Å²) in [5.74, 6) is 0.526. The Morgan fingerprint density at radius 2 is 2.11 bits per heavy atom. The number of halogens is 1. The summed E-state index contributed by atoms with van der Waals surface area (Å²) in [5.41, 5.74) is 1.66. The smallest absolute Gasteiger partial charge is 0.144 e. The van der Waals surface area contributed by atoms with Gasteiger partial charge in [0.1, 0.15) is 11.6 Å². The topological polar surface area (TPSA) is 41.1 Å². The summed E-state index contributed by atoms with van der Waals surface area (Å²) in [6.07, 6.45) is 3.44. The van der Waals surface area contributed by atoms with Crippen molar-refractivity contribution >= 4 is 11.5 Å². The first-order chi connectivity index (χ1) is 9.19. The van der Waals surface area contributed by atoms with Gasteiger partial charge in [-0.2, -0.15) is 0 Å². The van der Waals surface area contributed by atoms with E-state index in [9.17, 15) is 4.39 Å². The van der Waals surface area contributed by atoms with E-state index in [-0.39, 0.29) is 5.82 Å². The van der Waals surface area contributed by atoms with Crippen molar-refractivity contribution in [3.8, 4) is 0 Å². The highest BCUT2D eigenvalue weighted by Crippen LogP contribution is 2.15. The Labute approximate surface area is 112 Å². The van der Waals surface area contributed by atoms with Crippen molar-refractivity contribution in [3.05, 3.63) is 48.2 Å². The first-order valence-electron chi connectivity index (χ1n) is 6.20. The maximum Gasteiger partial charge on any atom is 0.144 e. The highest BCUT2D eigenvalue weighted by molar-refractivity contribution is 5.45. The van der Waals surface area contributed by atoms with E-state index in [0.717, 1.165) is 23.7 Å². The predicted octanol–water partition coefficient (Wildman–Crippen LogP) is 2.68. The zero-order valence-corrected chi connectivity index (χ0v) is 11.1. The molecule has 0 radical (unpaired) electrons. The number of nitrogens with one attached hydrogen (secondary N) is 1. The van der Waals surface area contributed by atoms with Gasteiger partial charge in [0.25, 0.3) is 0 Å². The molecule has 0 atom stereocenters. The van der Waals surface area contributed by atoms with Gasteiger partial charge in [0.2, 0.25) is 0 Å². The molecule has 1 aromatic carbocycles. The lowest BCUT2D eigenvalue weighted by atomic mass is 10.3. The van der Waals surface area contributed by atoms with Crippen LogP contribution in [0.1, 0.15) is 12.6 Å². The minimum atomic E-state index is -0.238. The van der Waals surface area contributed by atoms with Crippen molar-refractivity contribution < 1.29 is 4.39 Å². The van der Waals surface area contributed by atoms with Crippen LogP contribution in [0.5, 0.6) is 0 Å². The second kappa shape index (κ2) is 6.13. The van der Waals surface area contributed by atoms with Gasteiger partial charge < -0.3 is 10.2 Å². The number of benzene rings is 1. The molecule has 100 valence electrons. The van der Waals surface area contributed by atoms with Crippen LogP contribution in [0.15, 0.2) is 36.7 Å². The summed E-state index contributed by atoms with van der Waals surface area (Å²) in [4.78, 5) is 10.5. The van der Waals surface area contributed by atoms with Crippen LogP contribution in [-0.2, 0) is 6.54 Å². The normalized spacial score (nSPS) is 10.3. The standard InChI is InChI=1S/C14H17FN4/c1-3-16-14-9-17-12(8-18-14)10-19(2)13-6-4-5-11(15)7-13/h4-9H,3,10H2,1-2H3,(H,16,18). The summed E-state index contributed by atoms with van der Waals surface area (Å²) in [6.45, 7) is 3.41. The van der Waals surface area contributed by atoms with E-state index in [0.29, 0.717) is 6.54 Å². The number of aromatic nitrogens is 2. The van der Waals surface area contributed by atoms with Crippen molar-refractivity contribution in [1.29, 1.82) is 0 Å². The van der Waals surface area contributed by atoms with Crippen molar-refractivity contribution in [3.63, 3.8) is 0 Å². The van der Waals surface area contributed by atoms with Crippen molar-refractivity contribution in [2.24, 2.45) is 0 Å². The first kappa shape index (κ1) is 13.3. The van der Waals surface area contributed by atoms with Gasteiger partial charge in [0.15, 0.2) is 0 Å². The number of hydrogen-bond acceptors (Lipinski definition) is 4. The third-order valence-electron chi connectivity index (χ3n) is 2.71. The Bertz CT molecular complexity index is 527. The zero-order chi connectivity index (χ0) is 13.7. The lowest BCUT2D eigenvalue weighted by Gasteiger charge is -2.18. The molecule has 0 fully saturated rings. The van der Waals surface area contributed by atoms with E-state index in [1.54, 1.807) is 18.5 Å². The Morgan fingerprint density at radius 3 is 2.74 bits per heavy atom. The van der Waals surface area contributed by atoms with E-state index in [4.69, 9.17) is 0 Å². The van der Waals surface area contributed by atoms with Gasteiger partial charge in [-0.3, -0.25) is 4.98 Å². The SMILES string of the molecule is CCNc1cnc(CN(C)c2cccc(F)c2)cn1. The molecule has 2 aromatic rings. The fourth-order valence-electron chi connectivity index (χ4n) is 1.76. The molecular formula is C14H17FN4. The molecule has 1 aromatic heterocycles. The number of anilines is 2. The van der Waals surface area contributed by atoms with Crippen molar-refractivity contribution in [1.82, 2.24) is 9.97 Å². The van der Waals surface area contributed by atoms with Gasteiger partial charge in [-0.25, -0.2) is 9.37 Å². The van der Waals surface area contributed by atoms with E-state index >= 15 is 0 Å². The molecule has 0 aliphatic rings. The molecular weight excluding hydrogens is 243 g/mol. The van der Waals surface area contributed by atoms with Crippen LogP contribution in [0.4, 0.5) is 15.9 Å². The average molecular weight is 260 g/mol. The average Bonchev–Trinajstić information content (AvgIpc) is 2.41. The summed E-state index contributed by atoms with van der Waals surface area (Å²) >= 11 is 0. The van der Waals surface area contributed by atoms with Crippen molar-refractivity contribution in [2.75, 3.05) is 23.8 Å². The van der Waals surface area contributed by atoms with Gasteiger partial charge in [-0.1, -0.05) is 6.07 Å². The molecule has 0 bridgehead atoms. The first-order valence-corrected chi connectivity index (χ1v) is 6.20. The van der Waals surface area contributed by atoms with Gasteiger partial charge in [-0.05, 0) is 25.1 Å². The fraction of sp³-hybridized carbons (Fsp3) is 0.286. The fourth-order valence-corrected chi connectivity index (χ4v) is 1.76. The minimum Gasteiger partial charge on any atom is -0.369 e. The third kappa shape index (κ3) is 3.64. The van der Waals surface area contributed by atoms with Gasteiger partial charge >= 0.3 is 0 Å². The molecule has 1 N–H and O–H groups in total. The number of nitrogens with zero attached hydrogens (tertiary/aromatic N) is 3. The van der Waals surface area contributed by atoms with Crippen LogP contribution in [0.3, 0.4) is 0 Å². The molecule has 19 heavy (non-hydrogen) atoms. The number of hydrogen-bond donors (Lipinski definition) is 1.